The van der Waals surface area contributed by atoms with Gasteiger partial charge in [0.2, 0.25) is 0 Å². The van der Waals surface area contributed by atoms with E-state index in [0.717, 1.165) is 0 Å². The van der Waals surface area contributed by atoms with Crippen LogP contribution in [0.25, 0.3) is 21.3 Å². The maximum absolute atomic E-state index is 13.9. The van der Waals surface area contributed by atoms with E-state index in [1.54, 1.807) is 55.7 Å². The van der Waals surface area contributed by atoms with Crippen LogP contribution >= 0.6 is 11.3 Å². The number of rotatable bonds is 6. The molecule has 1 amide bonds. The molecule has 0 aliphatic heterocycles. The summed E-state index contributed by atoms with van der Waals surface area (Å²) in [5.41, 5.74) is 1.93. The quantitative estimate of drug-likeness (QED) is 0.258. The number of hydrogen-bond donors (Lipinski definition) is 1. The van der Waals surface area contributed by atoms with E-state index in [1.807, 2.05) is 0 Å². The first kappa shape index (κ1) is 25.5. The highest BCUT2D eigenvalue weighted by atomic mass is 32.1. The van der Waals surface area contributed by atoms with Crippen molar-refractivity contribution in [3.05, 3.63) is 88.7 Å². The monoisotopic (exact) mass is 534 g/mol. The van der Waals surface area contributed by atoms with Gasteiger partial charge in [-0.3, -0.25) is 9.59 Å². The van der Waals surface area contributed by atoms with Crippen LogP contribution in [0.1, 0.15) is 41.8 Å². The lowest BCUT2D eigenvalue weighted by Gasteiger charge is -2.15. The number of amides is 1. The number of carbonyl (C=O) groups excluding carboxylic acids is 2. The highest BCUT2D eigenvalue weighted by molar-refractivity contribution is 7.18. The third-order valence-corrected chi connectivity index (χ3v) is 6.77. The van der Waals surface area contributed by atoms with E-state index in [0.29, 0.717) is 37.5 Å². The Morgan fingerprint density at radius 2 is 1.84 bits per heavy atom. The SMILES string of the molecule is CC(C)(C)C(=O)OCc1nc2cc(NC(=O)c3cc4cc(F)ccc4n3Cc3cccc(F)c3)cnc2s1. The summed E-state index contributed by atoms with van der Waals surface area (Å²) in [5.74, 6) is -1.57. The van der Waals surface area contributed by atoms with Gasteiger partial charge < -0.3 is 14.6 Å². The number of hydrogen-bond acceptors (Lipinski definition) is 6. The summed E-state index contributed by atoms with van der Waals surface area (Å²) >= 11 is 1.30. The Labute approximate surface area is 221 Å². The minimum absolute atomic E-state index is 0.0373. The number of nitrogens with one attached hydrogen (secondary N) is 1. The van der Waals surface area contributed by atoms with Crippen molar-refractivity contribution >= 4 is 50.2 Å². The van der Waals surface area contributed by atoms with Crippen molar-refractivity contribution in [2.45, 2.75) is 33.9 Å². The summed E-state index contributed by atoms with van der Waals surface area (Å²) in [5, 5.41) is 3.97. The number of carbonyl (C=O) groups is 2. The number of ether oxygens (including phenoxy) is 1. The fourth-order valence-electron chi connectivity index (χ4n) is 3.96. The number of pyridine rings is 1. The fraction of sp³-hybridized carbons (Fsp3) is 0.214. The van der Waals surface area contributed by atoms with Crippen LogP contribution in [0.4, 0.5) is 14.5 Å². The summed E-state index contributed by atoms with van der Waals surface area (Å²) in [6.45, 7) is 5.58. The molecule has 5 aromatic rings. The van der Waals surface area contributed by atoms with Crippen LogP contribution < -0.4 is 5.32 Å². The van der Waals surface area contributed by atoms with E-state index < -0.39 is 17.1 Å². The van der Waals surface area contributed by atoms with Crippen LogP contribution in [-0.2, 0) is 22.7 Å². The summed E-state index contributed by atoms with van der Waals surface area (Å²) in [6, 6.07) is 13.7. The molecule has 5 rings (SSSR count). The Hall–Kier alpha value is -4.18. The first-order valence-corrected chi connectivity index (χ1v) is 12.7. The molecule has 3 aromatic heterocycles. The fourth-order valence-corrected chi connectivity index (χ4v) is 4.75. The second-order valence-electron chi connectivity index (χ2n) is 9.88. The van der Waals surface area contributed by atoms with Gasteiger partial charge in [-0.1, -0.05) is 23.5 Å². The predicted octanol–water partition coefficient (Wildman–Crippen LogP) is 6.31. The standard InChI is InChI=1S/C28H24F2N4O3S/c1-28(2,3)27(36)37-15-24-33-21-12-20(13-31-26(21)38-24)32-25(35)23-11-17-10-19(30)7-8-22(17)34(23)14-16-5-4-6-18(29)9-16/h4-13H,14-15H2,1-3H3,(H,32,35). The summed E-state index contributed by atoms with van der Waals surface area (Å²) in [4.78, 5) is 34.9. The molecule has 0 spiro atoms. The van der Waals surface area contributed by atoms with E-state index in [1.165, 1.54) is 41.8 Å². The lowest BCUT2D eigenvalue weighted by molar-refractivity contribution is -0.154. The second-order valence-corrected chi connectivity index (χ2v) is 10.9. The first-order chi connectivity index (χ1) is 18.1. The molecule has 0 fully saturated rings. The third-order valence-electron chi connectivity index (χ3n) is 5.81. The van der Waals surface area contributed by atoms with Crippen LogP contribution in [0, 0.1) is 17.0 Å². The summed E-state index contributed by atoms with van der Waals surface area (Å²) < 4.78 is 34.8. The lowest BCUT2D eigenvalue weighted by atomic mass is 9.97. The van der Waals surface area contributed by atoms with Crippen molar-refractivity contribution in [2.75, 3.05) is 5.32 Å². The van der Waals surface area contributed by atoms with Gasteiger partial charge in [-0.15, -0.1) is 0 Å². The van der Waals surface area contributed by atoms with Gasteiger partial charge in [0.1, 0.15) is 39.3 Å². The van der Waals surface area contributed by atoms with Gasteiger partial charge in [0.25, 0.3) is 5.91 Å². The smallest absolute Gasteiger partial charge is 0.311 e. The number of nitrogens with zero attached hydrogens (tertiary/aromatic N) is 3. The van der Waals surface area contributed by atoms with Crippen molar-refractivity contribution in [1.82, 2.24) is 14.5 Å². The Balaban J connectivity index is 1.40. The number of thiazole rings is 1. The number of benzene rings is 2. The van der Waals surface area contributed by atoms with Crippen molar-refractivity contribution in [3.63, 3.8) is 0 Å². The number of aromatic nitrogens is 3. The normalized spacial score (nSPS) is 11.7. The van der Waals surface area contributed by atoms with Crippen LogP contribution in [0.5, 0.6) is 0 Å². The minimum atomic E-state index is -0.616. The highest BCUT2D eigenvalue weighted by Crippen LogP contribution is 2.26. The maximum atomic E-state index is 13.9. The summed E-state index contributed by atoms with van der Waals surface area (Å²) in [7, 11) is 0. The number of esters is 1. The number of anilines is 1. The van der Waals surface area contributed by atoms with Crippen molar-refractivity contribution < 1.29 is 23.1 Å². The van der Waals surface area contributed by atoms with Crippen molar-refractivity contribution in [1.29, 1.82) is 0 Å². The molecule has 0 saturated carbocycles. The number of fused-ring (bicyclic) bond motifs is 2. The van der Waals surface area contributed by atoms with Crippen molar-refractivity contribution in [3.8, 4) is 0 Å². The molecular formula is C28H24F2N4O3S. The predicted molar refractivity (Wildman–Crippen MR) is 142 cm³/mol. The molecule has 0 unspecified atom stereocenters. The van der Waals surface area contributed by atoms with Gasteiger partial charge in [-0.2, -0.15) is 0 Å². The minimum Gasteiger partial charge on any atom is -0.458 e. The molecule has 3 heterocycles. The van der Waals surface area contributed by atoms with Crippen molar-refractivity contribution in [2.24, 2.45) is 5.41 Å². The topological polar surface area (TPSA) is 86.1 Å². The molecule has 38 heavy (non-hydrogen) atoms. The molecular weight excluding hydrogens is 510 g/mol. The first-order valence-electron chi connectivity index (χ1n) is 11.8. The average molecular weight is 535 g/mol. The molecule has 0 atom stereocenters. The molecule has 7 nitrogen and oxygen atoms in total. The van der Waals surface area contributed by atoms with Gasteiger partial charge >= 0.3 is 5.97 Å². The molecule has 0 saturated heterocycles. The van der Waals surface area contributed by atoms with Gasteiger partial charge in [0.15, 0.2) is 0 Å². The Morgan fingerprint density at radius 1 is 1.05 bits per heavy atom. The lowest BCUT2D eigenvalue weighted by Crippen LogP contribution is -2.22. The molecule has 0 bridgehead atoms. The second kappa shape index (κ2) is 9.94. The van der Waals surface area contributed by atoms with E-state index in [4.69, 9.17) is 4.74 Å². The van der Waals surface area contributed by atoms with Crippen LogP contribution in [-0.4, -0.2) is 26.4 Å². The van der Waals surface area contributed by atoms with Crippen LogP contribution in [0.3, 0.4) is 0 Å². The zero-order valence-electron chi connectivity index (χ0n) is 20.9. The molecule has 10 heteroatoms. The van der Waals surface area contributed by atoms with Gasteiger partial charge in [0.05, 0.1) is 17.3 Å². The molecule has 0 aliphatic rings. The van der Waals surface area contributed by atoms with E-state index in [2.05, 4.69) is 15.3 Å². The largest absolute Gasteiger partial charge is 0.458 e. The maximum Gasteiger partial charge on any atom is 0.311 e. The Bertz CT molecular complexity index is 1690. The van der Waals surface area contributed by atoms with Crippen LogP contribution in [0.2, 0.25) is 0 Å². The van der Waals surface area contributed by atoms with Gasteiger partial charge in [-0.25, -0.2) is 18.7 Å². The van der Waals surface area contributed by atoms with Crippen LogP contribution in [0.15, 0.2) is 60.8 Å². The zero-order chi connectivity index (χ0) is 27.0. The molecule has 2 aromatic carbocycles. The third kappa shape index (κ3) is 5.40. The number of halogens is 2. The van der Waals surface area contributed by atoms with E-state index in [9.17, 15) is 18.4 Å². The molecule has 0 radical (unpaired) electrons. The summed E-state index contributed by atoms with van der Waals surface area (Å²) in [6.07, 6.45) is 1.52. The van der Waals surface area contributed by atoms with E-state index >= 15 is 0 Å². The Kier molecular flexibility index (Phi) is 6.66. The molecule has 0 aliphatic carbocycles. The molecule has 1 N–H and O–H groups in total. The zero-order valence-corrected chi connectivity index (χ0v) is 21.7. The van der Waals surface area contributed by atoms with E-state index in [-0.39, 0.29) is 30.6 Å². The Morgan fingerprint density at radius 3 is 2.61 bits per heavy atom. The van der Waals surface area contributed by atoms with Gasteiger partial charge in [0, 0.05) is 17.4 Å². The van der Waals surface area contributed by atoms with Gasteiger partial charge in [-0.05, 0) is 68.8 Å². The highest BCUT2D eigenvalue weighted by Gasteiger charge is 2.23. The molecule has 194 valence electrons. The average Bonchev–Trinajstić information content (AvgIpc) is 3.42.